The first kappa shape index (κ1) is 16.2. The fourth-order valence-electron chi connectivity index (χ4n) is 2.40. The van der Waals surface area contributed by atoms with Crippen LogP contribution in [0.4, 0.5) is 0 Å². The van der Waals surface area contributed by atoms with Crippen LogP contribution in [0.2, 0.25) is 0 Å². The van der Waals surface area contributed by atoms with Gasteiger partial charge in [0, 0.05) is 38.4 Å². The van der Waals surface area contributed by atoms with E-state index in [1.54, 1.807) is 0 Å². The molecule has 18 heavy (non-hydrogen) atoms. The monoisotopic (exact) mass is 278 g/mol. The van der Waals surface area contributed by atoms with Crippen molar-refractivity contribution in [3.8, 4) is 0 Å². The van der Waals surface area contributed by atoms with Crippen LogP contribution < -0.4 is 11.2 Å². The predicted octanol–water partition coefficient (Wildman–Crippen LogP) is -0.467. The number of hydrazine groups is 1. The fraction of sp³-hybridized carbons (Fsp3) is 1.00. The van der Waals surface area contributed by atoms with Gasteiger partial charge in [-0.2, -0.15) is 0 Å². The van der Waals surface area contributed by atoms with Crippen molar-refractivity contribution in [2.24, 2.45) is 5.84 Å². The molecule has 0 aromatic carbocycles. The van der Waals surface area contributed by atoms with Crippen molar-refractivity contribution in [3.63, 3.8) is 0 Å². The zero-order valence-electron chi connectivity index (χ0n) is 11.3. The minimum atomic E-state index is -1.74. The first-order valence-electron chi connectivity index (χ1n) is 6.67. The summed E-state index contributed by atoms with van der Waals surface area (Å²) >= 11 is 0. The molecule has 0 unspecified atom stereocenters. The minimum absolute atomic E-state index is 0.515. The molecule has 0 spiro atoms. The molecule has 7 heteroatoms. The summed E-state index contributed by atoms with van der Waals surface area (Å²) in [4.78, 5) is 20.4. The van der Waals surface area contributed by atoms with Crippen LogP contribution in [-0.4, -0.2) is 71.7 Å². The summed E-state index contributed by atoms with van der Waals surface area (Å²) in [6, 6.07) is 0.585. The molecule has 108 valence electrons. The molecule has 0 radical (unpaired) electrons. The summed E-state index contributed by atoms with van der Waals surface area (Å²) in [5, 5.41) is 5.06. The highest BCUT2D eigenvalue weighted by molar-refractivity contribution is 7.45. The molecule has 0 aliphatic carbocycles. The van der Waals surface area contributed by atoms with Gasteiger partial charge in [0.1, 0.15) is 0 Å². The number of hydrogen-bond donors (Lipinski definition) is 4. The molecule has 1 heterocycles. The van der Waals surface area contributed by atoms with Crippen molar-refractivity contribution in [3.05, 3.63) is 0 Å². The van der Waals surface area contributed by atoms with Crippen molar-refractivity contribution in [1.29, 1.82) is 0 Å². The van der Waals surface area contributed by atoms with E-state index in [1.807, 2.05) is 12.1 Å². The Kier molecular flexibility index (Phi) is 8.26. The van der Waals surface area contributed by atoms with Crippen molar-refractivity contribution in [2.45, 2.75) is 25.3 Å². The normalized spacial score (nSPS) is 19.0. The highest BCUT2D eigenvalue weighted by atomic mass is 31.2. The molecular formula is C11H27N4O2P. The average Bonchev–Trinajstić information content (AvgIpc) is 2.34. The summed E-state index contributed by atoms with van der Waals surface area (Å²) in [6.45, 7) is 4.83. The standard InChI is InChI=1S/C11H27N4O2P/c1-13-5-9-14(6-2-10-18(16)17)11-3-7-15(12)8-4-11/h11,13,16-17H,2-10,12H2,1H3. The van der Waals surface area contributed by atoms with Gasteiger partial charge in [0.15, 0.2) is 8.38 Å². The first-order valence-corrected chi connectivity index (χ1v) is 8.10. The van der Waals surface area contributed by atoms with E-state index in [9.17, 15) is 0 Å². The smallest absolute Gasteiger partial charge is 0.164 e. The zero-order chi connectivity index (χ0) is 13.4. The van der Waals surface area contributed by atoms with Gasteiger partial charge in [-0.3, -0.25) is 10.7 Å². The van der Waals surface area contributed by atoms with Crippen LogP contribution in [-0.2, 0) is 0 Å². The van der Waals surface area contributed by atoms with E-state index in [2.05, 4.69) is 10.2 Å². The van der Waals surface area contributed by atoms with Crippen LogP contribution in [0, 0.1) is 0 Å². The van der Waals surface area contributed by atoms with Crippen LogP contribution in [0.5, 0.6) is 0 Å². The molecule has 5 N–H and O–H groups in total. The van der Waals surface area contributed by atoms with Crippen LogP contribution in [0.25, 0.3) is 0 Å². The fourth-order valence-corrected chi connectivity index (χ4v) is 2.82. The third kappa shape index (κ3) is 6.38. The second-order valence-electron chi connectivity index (χ2n) is 4.86. The van der Waals surface area contributed by atoms with Crippen molar-refractivity contribution >= 4 is 8.38 Å². The van der Waals surface area contributed by atoms with Gasteiger partial charge in [0.05, 0.1) is 0 Å². The maximum atomic E-state index is 8.95. The van der Waals surface area contributed by atoms with Gasteiger partial charge in [0.2, 0.25) is 0 Å². The number of rotatable bonds is 8. The third-order valence-electron chi connectivity index (χ3n) is 3.47. The molecule has 0 aromatic heterocycles. The lowest BCUT2D eigenvalue weighted by molar-refractivity contribution is 0.109. The van der Waals surface area contributed by atoms with Gasteiger partial charge < -0.3 is 15.1 Å². The highest BCUT2D eigenvalue weighted by Crippen LogP contribution is 2.24. The third-order valence-corrected chi connectivity index (χ3v) is 4.18. The van der Waals surface area contributed by atoms with Crippen LogP contribution >= 0.6 is 8.38 Å². The van der Waals surface area contributed by atoms with E-state index in [4.69, 9.17) is 15.6 Å². The van der Waals surface area contributed by atoms with Crippen LogP contribution in [0.15, 0.2) is 0 Å². The lowest BCUT2D eigenvalue weighted by Gasteiger charge is -2.37. The molecule has 0 bridgehead atoms. The van der Waals surface area contributed by atoms with Crippen LogP contribution in [0.3, 0.4) is 0 Å². The van der Waals surface area contributed by atoms with Gasteiger partial charge >= 0.3 is 0 Å². The lowest BCUT2D eigenvalue weighted by Crippen LogP contribution is -2.48. The quantitative estimate of drug-likeness (QED) is 0.355. The Hall–Kier alpha value is 0.190. The van der Waals surface area contributed by atoms with Crippen molar-refractivity contribution in [2.75, 3.05) is 45.9 Å². The Morgan fingerprint density at radius 3 is 2.56 bits per heavy atom. The number of hydrogen-bond acceptors (Lipinski definition) is 6. The largest absolute Gasteiger partial charge is 0.350 e. The number of piperidine rings is 1. The lowest BCUT2D eigenvalue weighted by atomic mass is 10.0. The predicted molar refractivity (Wildman–Crippen MR) is 75.1 cm³/mol. The van der Waals surface area contributed by atoms with Gasteiger partial charge in [0.25, 0.3) is 0 Å². The highest BCUT2D eigenvalue weighted by Gasteiger charge is 2.22. The van der Waals surface area contributed by atoms with Crippen molar-refractivity contribution < 1.29 is 9.79 Å². The van der Waals surface area contributed by atoms with E-state index in [0.717, 1.165) is 52.0 Å². The zero-order valence-corrected chi connectivity index (χ0v) is 12.1. The average molecular weight is 278 g/mol. The summed E-state index contributed by atoms with van der Waals surface area (Å²) in [6.07, 6.45) is 3.58. The summed E-state index contributed by atoms with van der Waals surface area (Å²) in [5.41, 5.74) is 0. The van der Waals surface area contributed by atoms with Gasteiger partial charge in [-0.1, -0.05) is 0 Å². The Morgan fingerprint density at radius 2 is 2.00 bits per heavy atom. The molecule has 0 atom stereocenters. The minimum Gasteiger partial charge on any atom is -0.350 e. The van der Waals surface area contributed by atoms with Crippen molar-refractivity contribution in [1.82, 2.24) is 15.2 Å². The SMILES string of the molecule is CNCCN(CCCP(O)O)C1CCN(N)CC1. The summed E-state index contributed by atoms with van der Waals surface area (Å²) < 4.78 is 0. The maximum absolute atomic E-state index is 8.95. The molecule has 1 saturated heterocycles. The molecular weight excluding hydrogens is 251 g/mol. The molecule has 1 fully saturated rings. The van der Waals surface area contributed by atoms with Gasteiger partial charge in [-0.25, -0.2) is 5.01 Å². The second kappa shape index (κ2) is 9.15. The Balaban J connectivity index is 2.34. The number of likely N-dealkylation sites (N-methyl/N-ethyl adjacent to an activating group) is 1. The maximum Gasteiger partial charge on any atom is 0.164 e. The molecule has 0 amide bonds. The molecule has 1 aliphatic rings. The van der Waals surface area contributed by atoms with Gasteiger partial charge in [-0.15, -0.1) is 0 Å². The van der Waals surface area contributed by atoms with E-state index >= 15 is 0 Å². The Morgan fingerprint density at radius 1 is 1.33 bits per heavy atom. The molecule has 0 aromatic rings. The van der Waals surface area contributed by atoms with Gasteiger partial charge in [-0.05, 0) is 32.9 Å². The topological polar surface area (TPSA) is 85.0 Å². The summed E-state index contributed by atoms with van der Waals surface area (Å²) in [5.74, 6) is 5.78. The molecule has 1 aliphatic heterocycles. The van der Waals surface area contributed by atoms with E-state index in [-0.39, 0.29) is 0 Å². The Labute approximate surface area is 111 Å². The second-order valence-corrected chi connectivity index (χ2v) is 6.05. The molecule has 1 rings (SSSR count). The number of nitrogens with zero attached hydrogens (tertiary/aromatic N) is 2. The van der Waals surface area contributed by atoms with E-state index in [1.165, 1.54) is 0 Å². The Bertz CT molecular complexity index is 213. The number of nitrogens with one attached hydrogen (secondary N) is 1. The van der Waals surface area contributed by atoms with E-state index in [0.29, 0.717) is 12.2 Å². The summed E-state index contributed by atoms with van der Waals surface area (Å²) in [7, 11) is 0.221. The van der Waals surface area contributed by atoms with E-state index < -0.39 is 8.38 Å². The molecule has 0 saturated carbocycles. The number of nitrogens with two attached hydrogens (primary N) is 1. The van der Waals surface area contributed by atoms with Crippen LogP contribution in [0.1, 0.15) is 19.3 Å². The molecule has 6 nitrogen and oxygen atoms in total. The first-order chi connectivity index (χ1) is 8.63.